The largest absolute Gasteiger partial charge is 0.348 e. The van der Waals surface area contributed by atoms with Crippen molar-refractivity contribution in [2.45, 2.75) is 18.9 Å². The van der Waals surface area contributed by atoms with Gasteiger partial charge in [0.05, 0.1) is 35.2 Å². The molecule has 3 heterocycles. The number of fused-ring (bicyclic) bond motifs is 1. The monoisotopic (exact) mass is 468 g/mol. The fourth-order valence-electron chi connectivity index (χ4n) is 3.24. The highest BCUT2D eigenvalue weighted by Crippen LogP contribution is 2.26. The van der Waals surface area contributed by atoms with Gasteiger partial charge < -0.3 is 10.6 Å². The van der Waals surface area contributed by atoms with E-state index in [2.05, 4.69) is 35.8 Å². The van der Waals surface area contributed by atoms with E-state index in [1.807, 2.05) is 18.2 Å². The Morgan fingerprint density at radius 3 is 2.82 bits per heavy atom. The summed E-state index contributed by atoms with van der Waals surface area (Å²) in [6.07, 6.45) is 3.04. The number of nitrogens with one attached hydrogen (secondary N) is 3. The smallest absolute Gasteiger partial charge is 0.306 e. The van der Waals surface area contributed by atoms with Crippen molar-refractivity contribution >= 4 is 28.5 Å². The third kappa shape index (κ3) is 5.39. The van der Waals surface area contributed by atoms with Gasteiger partial charge in [0.25, 0.3) is 0 Å². The summed E-state index contributed by atoms with van der Waals surface area (Å²) in [5, 5.41) is 23.9. The SMILES string of the molecule is N#Cc1cnc(NCC(F)(F)c2ccccn2)nc1CCNCc1n[nH]c2ccc(Cl)cc12. The van der Waals surface area contributed by atoms with Crippen molar-refractivity contribution < 1.29 is 8.78 Å². The minimum Gasteiger partial charge on any atom is -0.348 e. The maximum Gasteiger partial charge on any atom is 0.306 e. The highest BCUT2D eigenvalue weighted by Gasteiger charge is 2.33. The van der Waals surface area contributed by atoms with E-state index in [0.717, 1.165) is 16.6 Å². The molecule has 0 bridgehead atoms. The molecule has 0 aliphatic rings. The Bertz CT molecular complexity index is 1290. The molecule has 3 aromatic heterocycles. The van der Waals surface area contributed by atoms with Crippen molar-refractivity contribution in [1.82, 2.24) is 30.5 Å². The lowest BCUT2D eigenvalue weighted by Crippen LogP contribution is -2.26. The number of aromatic nitrogens is 5. The van der Waals surface area contributed by atoms with Crippen molar-refractivity contribution in [3.05, 3.63) is 76.5 Å². The lowest BCUT2D eigenvalue weighted by Gasteiger charge is -2.16. The second-order valence-corrected chi connectivity index (χ2v) is 7.66. The van der Waals surface area contributed by atoms with Gasteiger partial charge in [0, 0.05) is 36.1 Å². The second kappa shape index (κ2) is 9.85. The number of hydrogen-bond donors (Lipinski definition) is 3. The fraction of sp³-hybridized carbons (Fsp3) is 0.227. The van der Waals surface area contributed by atoms with Crippen molar-refractivity contribution in [3.63, 3.8) is 0 Å². The minimum atomic E-state index is -3.20. The lowest BCUT2D eigenvalue weighted by atomic mass is 10.2. The second-order valence-electron chi connectivity index (χ2n) is 7.23. The van der Waals surface area contributed by atoms with Gasteiger partial charge in [-0.05, 0) is 30.3 Å². The molecule has 0 saturated heterocycles. The van der Waals surface area contributed by atoms with Crippen LogP contribution in [0, 0.1) is 11.3 Å². The molecule has 4 rings (SSSR count). The van der Waals surface area contributed by atoms with E-state index in [0.29, 0.717) is 30.2 Å². The van der Waals surface area contributed by atoms with Gasteiger partial charge in [0.2, 0.25) is 5.95 Å². The summed E-state index contributed by atoms with van der Waals surface area (Å²) in [7, 11) is 0. The van der Waals surface area contributed by atoms with Crippen LogP contribution >= 0.6 is 11.6 Å². The minimum absolute atomic E-state index is 0.0209. The third-order valence-electron chi connectivity index (χ3n) is 4.93. The van der Waals surface area contributed by atoms with Gasteiger partial charge in [-0.15, -0.1) is 0 Å². The molecule has 0 aliphatic heterocycles. The summed E-state index contributed by atoms with van der Waals surface area (Å²) in [6.45, 7) is 0.251. The molecule has 3 N–H and O–H groups in total. The quantitative estimate of drug-likeness (QED) is 0.320. The number of rotatable bonds is 9. The Hall–Kier alpha value is -3.68. The lowest BCUT2D eigenvalue weighted by molar-refractivity contribution is 0.00582. The van der Waals surface area contributed by atoms with Gasteiger partial charge in [-0.3, -0.25) is 10.1 Å². The first-order chi connectivity index (χ1) is 16.0. The number of aromatic amines is 1. The molecule has 0 amide bonds. The first-order valence-corrected chi connectivity index (χ1v) is 10.5. The summed E-state index contributed by atoms with van der Waals surface area (Å²) < 4.78 is 28.7. The van der Waals surface area contributed by atoms with Gasteiger partial charge in [-0.25, -0.2) is 9.97 Å². The van der Waals surface area contributed by atoms with Crippen molar-refractivity contribution in [1.29, 1.82) is 5.26 Å². The van der Waals surface area contributed by atoms with E-state index in [9.17, 15) is 14.0 Å². The third-order valence-corrected chi connectivity index (χ3v) is 5.17. The Morgan fingerprint density at radius 1 is 1.15 bits per heavy atom. The average Bonchev–Trinajstić information content (AvgIpc) is 3.23. The number of benzene rings is 1. The predicted molar refractivity (Wildman–Crippen MR) is 120 cm³/mol. The zero-order chi connectivity index (χ0) is 23.3. The van der Waals surface area contributed by atoms with E-state index in [1.54, 1.807) is 12.1 Å². The molecule has 1 aromatic carbocycles. The van der Waals surface area contributed by atoms with Crippen LogP contribution in [-0.2, 0) is 18.9 Å². The maximum atomic E-state index is 14.3. The van der Waals surface area contributed by atoms with Crippen LogP contribution in [0.2, 0.25) is 5.02 Å². The summed E-state index contributed by atoms with van der Waals surface area (Å²) in [5.74, 6) is -3.18. The number of H-pyrrole nitrogens is 1. The van der Waals surface area contributed by atoms with E-state index in [1.165, 1.54) is 24.5 Å². The highest BCUT2D eigenvalue weighted by atomic mass is 35.5. The van der Waals surface area contributed by atoms with Crippen LogP contribution in [-0.4, -0.2) is 38.2 Å². The summed E-state index contributed by atoms with van der Waals surface area (Å²) >= 11 is 6.06. The van der Waals surface area contributed by atoms with Crippen LogP contribution < -0.4 is 10.6 Å². The molecule has 0 spiro atoms. The number of nitrogens with zero attached hydrogens (tertiary/aromatic N) is 5. The summed E-state index contributed by atoms with van der Waals surface area (Å²) in [5.41, 5.74) is 2.10. The molecule has 0 saturated carbocycles. The molecule has 0 atom stereocenters. The number of nitriles is 1. The Kier molecular flexibility index (Phi) is 6.72. The average molecular weight is 469 g/mol. The van der Waals surface area contributed by atoms with Crippen LogP contribution in [0.4, 0.5) is 14.7 Å². The molecule has 33 heavy (non-hydrogen) atoms. The van der Waals surface area contributed by atoms with Crippen molar-refractivity contribution in [2.75, 3.05) is 18.4 Å². The van der Waals surface area contributed by atoms with Crippen LogP contribution in [0.1, 0.15) is 22.6 Å². The number of halogens is 3. The zero-order valence-electron chi connectivity index (χ0n) is 17.3. The van der Waals surface area contributed by atoms with Crippen LogP contribution in [0.3, 0.4) is 0 Å². The Labute approximate surface area is 193 Å². The Balaban J connectivity index is 1.36. The van der Waals surface area contributed by atoms with E-state index in [4.69, 9.17) is 11.6 Å². The first-order valence-electron chi connectivity index (χ1n) is 10.1. The molecule has 11 heteroatoms. The fourth-order valence-corrected chi connectivity index (χ4v) is 3.41. The normalized spacial score (nSPS) is 11.5. The molecule has 8 nitrogen and oxygen atoms in total. The van der Waals surface area contributed by atoms with Crippen LogP contribution in [0.5, 0.6) is 0 Å². The first kappa shape index (κ1) is 22.5. The van der Waals surface area contributed by atoms with Gasteiger partial charge in [-0.2, -0.15) is 19.1 Å². The number of anilines is 1. The predicted octanol–water partition coefficient (Wildman–Crippen LogP) is 3.81. The van der Waals surface area contributed by atoms with Crippen LogP contribution in [0.15, 0.2) is 48.8 Å². The number of pyridine rings is 1. The molecule has 4 aromatic rings. The Morgan fingerprint density at radius 2 is 2.03 bits per heavy atom. The van der Waals surface area contributed by atoms with Crippen molar-refractivity contribution in [2.24, 2.45) is 0 Å². The van der Waals surface area contributed by atoms with Crippen LogP contribution in [0.25, 0.3) is 10.9 Å². The molecule has 0 radical (unpaired) electrons. The van der Waals surface area contributed by atoms with Gasteiger partial charge in [-0.1, -0.05) is 17.7 Å². The van der Waals surface area contributed by atoms with E-state index in [-0.39, 0.29) is 17.2 Å². The van der Waals surface area contributed by atoms with Gasteiger partial charge in [0.15, 0.2) is 0 Å². The molecule has 0 aliphatic carbocycles. The molecule has 0 fully saturated rings. The maximum absolute atomic E-state index is 14.3. The molecular formula is C22H19ClF2N8. The molecule has 168 valence electrons. The van der Waals surface area contributed by atoms with E-state index >= 15 is 0 Å². The summed E-state index contributed by atoms with van der Waals surface area (Å²) in [4.78, 5) is 11.9. The molecular weight excluding hydrogens is 450 g/mol. The highest BCUT2D eigenvalue weighted by molar-refractivity contribution is 6.31. The zero-order valence-corrected chi connectivity index (χ0v) is 18.1. The molecule has 0 unspecified atom stereocenters. The summed E-state index contributed by atoms with van der Waals surface area (Å²) in [6, 6.07) is 11.9. The van der Waals surface area contributed by atoms with Gasteiger partial charge >= 0.3 is 5.92 Å². The van der Waals surface area contributed by atoms with E-state index < -0.39 is 12.5 Å². The number of hydrogen-bond acceptors (Lipinski definition) is 7. The standard InChI is InChI=1S/C22H19ClF2N8/c23-15-4-5-18-16(9-15)19(33-32-18)12-27-8-6-17-14(10-26)11-29-21(31-17)30-13-22(24,25)20-3-1-2-7-28-20/h1-5,7,9,11,27H,6,8,12-13H2,(H,32,33)(H,29,30,31). The number of alkyl halides is 2. The van der Waals surface area contributed by atoms with Gasteiger partial charge in [0.1, 0.15) is 11.8 Å². The topological polar surface area (TPSA) is 115 Å². The van der Waals surface area contributed by atoms with Crippen molar-refractivity contribution in [3.8, 4) is 6.07 Å².